The monoisotopic (exact) mass is 304 g/mol. The average Bonchev–Trinajstić information content (AvgIpc) is 2.53. The number of hydrogen-bond acceptors (Lipinski definition) is 4. The molecule has 2 rings (SSSR count). The summed E-state index contributed by atoms with van der Waals surface area (Å²) in [6.45, 7) is 0. The number of carbonyl (C=O) groups is 2. The second kappa shape index (κ2) is 6.85. The van der Waals surface area contributed by atoms with Gasteiger partial charge in [0.15, 0.2) is 6.04 Å². The molecule has 0 aliphatic carbocycles. The standard InChI is InChI=1S/C15H13ClN2O3/c1-21-15(20)13(10-5-3-2-4-6-10)18-14(19)11-7-8-12(16)17-9-11/h2-9,13H,1H3,(H,18,19). The molecule has 1 amide bonds. The molecule has 0 spiro atoms. The SMILES string of the molecule is COC(=O)C(NC(=O)c1ccc(Cl)nc1)c1ccccc1. The van der Waals surface area contributed by atoms with Gasteiger partial charge in [-0.2, -0.15) is 0 Å². The predicted octanol–water partition coefficient (Wildman–Crippen LogP) is 2.38. The van der Waals surface area contributed by atoms with Crippen LogP contribution in [-0.4, -0.2) is 24.0 Å². The first-order valence-corrected chi connectivity index (χ1v) is 6.55. The van der Waals surface area contributed by atoms with E-state index in [0.717, 1.165) is 0 Å². The number of esters is 1. The molecule has 0 fully saturated rings. The van der Waals surface area contributed by atoms with Crippen LogP contribution in [-0.2, 0) is 9.53 Å². The summed E-state index contributed by atoms with van der Waals surface area (Å²) in [6, 6.07) is 11.0. The Hall–Kier alpha value is -2.40. The molecule has 5 nitrogen and oxygen atoms in total. The van der Waals surface area contributed by atoms with Crippen molar-refractivity contribution in [2.24, 2.45) is 0 Å². The zero-order valence-corrected chi connectivity index (χ0v) is 12.0. The highest BCUT2D eigenvalue weighted by molar-refractivity contribution is 6.29. The van der Waals surface area contributed by atoms with Gasteiger partial charge in [0.1, 0.15) is 5.15 Å². The fourth-order valence-electron chi connectivity index (χ4n) is 1.77. The number of halogens is 1. The Morgan fingerprint density at radius 3 is 2.48 bits per heavy atom. The van der Waals surface area contributed by atoms with Gasteiger partial charge in [0.2, 0.25) is 0 Å². The number of nitrogens with one attached hydrogen (secondary N) is 1. The number of nitrogens with zero attached hydrogens (tertiary/aromatic N) is 1. The highest BCUT2D eigenvalue weighted by Gasteiger charge is 2.23. The third kappa shape index (κ3) is 3.79. The number of amides is 1. The molecule has 0 aliphatic rings. The Morgan fingerprint density at radius 2 is 1.90 bits per heavy atom. The minimum absolute atomic E-state index is 0.291. The molecule has 0 bridgehead atoms. The van der Waals surface area contributed by atoms with Gasteiger partial charge in [-0.25, -0.2) is 9.78 Å². The summed E-state index contributed by atoms with van der Waals surface area (Å²) in [4.78, 5) is 27.9. The molecular formula is C15H13ClN2O3. The maximum absolute atomic E-state index is 12.2. The number of benzene rings is 1. The lowest BCUT2D eigenvalue weighted by Gasteiger charge is -2.16. The van der Waals surface area contributed by atoms with Crippen LogP contribution < -0.4 is 5.32 Å². The molecule has 21 heavy (non-hydrogen) atoms. The topological polar surface area (TPSA) is 68.3 Å². The molecule has 1 aromatic carbocycles. The lowest BCUT2D eigenvalue weighted by Crippen LogP contribution is -2.34. The zero-order chi connectivity index (χ0) is 15.2. The number of pyridine rings is 1. The highest BCUT2D eigenvalue weighted by Crippen LogP contribution is 2.15. The van der Waals surface area contributed by atoms with E-state index < -0.39 is 17.9 Å². The molecule has 0 saturated heterocycles. The minimum atomic E-state index is -0.876. The lowest BCUT2D eigenvalue weighted by atomic mass is 10.1. The van der Waals surface area contributed by atoms with Crippen LogP contribution in [0, 0.1) is 0 Å². The fraction of sp³-hybridized carbons (Fsp3) is 0.133. The Balaban J connectivity index is 2.21. The molecule has 6 heteroatoms. The quantitative estimate of drug-likeness (QED) is 0.695. The van der Waals surface area contributed by atoms with Crippen LogP contribution in [0.15, 0.2) is 48.7 Å². The van der Waals surface area contributed by atoms with Gasteiger partial charge in [-0.05, 0) is 17.7 Å². The summed E-state index contributed by atoms with van der Waals surface area (Å²) in [5.41, 5.74) is 0.948. The summed E-state index contributed by atoms with van der Waals surface area (Å²) < 4.78 is 4.73. The third-order valence-corrected chi connectivity index (χ3v) is 3.06. The van der Waals surface area contributed by atoms with E-state index in [1.807, 2.05) is 6.07 Å². The van der Waals surface area contributed by atoms with Crippen LogP contribution in [0.3, 0.4) is 0 Å². The van der Waals surface area contributed by atoms with Crippen molar-refractivity contribution in [3.05, 3.63) is 64.9 Å². The maximum atomic E-state index is 12.2. The van der Waals surface area contributed by atoms with E-state index in [1.54, 1.807) is 24.3 Å². The molecule has 1 heterocycles. The fourth-order valence-corrected chi connectivity index (χ4v) is 1.88. The molecule has 0 radical (unpaired) electrons. The number of ether oxygens (including phenoxy) is 1. The number of methoxy groups -OCH3 is 1. The van der Waals surface area contributed by atoms with Crippen molar-refractivity contribution in [3.8, 4) is 0 Å². The van der Waals surface area contributed by atoms with Crippen LogP contribution in [0.2, 0.25) is 5.15 Å². The third-order valence-electron chi connectivity index (χ3n) is 2.83. The van der Waals surface area contributed by atoms with Gasteiger partial charge in [0, 0.05) is 6.20 Å². The average molecular weight is 305 g/mol. The van der Waals surface area contributed by atoms with Crippen molar-refractivity contribution in [3.63, 3.8) is 0 Å². The van der Waals surface area contributed by atoms with Gasteiger partial charge < -0.3 is 10.1 Å². The van der Waals surface area contributed by atoms with Gasteiger partial charge in [-0.1, -0.05) is 41.9 Å². The summed E-state index contributed by atoms with van der Waals surface area (Å²) in [5.74, 6) is -0.977. The second-order valence-corrected chi connectivity index (χ2v) is 4.60. The van der Waals surface area contributed by atoms with Crippen LogP contribution in [0.1, 0.15) is 22.0 Å². The lowest BCUT2D eigenvalue weighted by molar-refractivity contribution is -0.143. The molecule has 1 unspecified atom stereocenters. The van der Waals surface area contributed by atoms with Crippen molar-refractivity contribution in [1.29, 1.82) is 0 Å². The maximum Gasteiger partial charge on any atom is 0.333 e. The van der Waals surface area contributed by atoms with Crippen LogP contribution >= 0.6 is 11.6 Å². The molecule has 108 valence electrons. The van der Waals surface area contributed by atoms with E-state index in [2.05, 4.69) is 10.3 Å². The van der Waals surface area contributed by atoms with Crippen molar-refractivity contribution < 1.29 is 14.3 Å². The van der Waals surface area contributed by atoms with Crippen LogP contribution in [0.5, 0.6) is 0 Å². The minimum Gasteiger partial charge on any atom is -0.467 e. The molecule has 0 saturated carbocycles. The van der Waals surface area contributed by atoms with E-state index in [1.165, 1.54) is 25.4 Å². The van der Waals surface area contributed by atoms with E-state index in [0.29, 0.717) is 16.3 Å². The molecule has 1 atom stereocenters. The molecule has 1 N–H and O–H groups in total. The number of carbonyl (C=O) groups excluding carboxylic acids is 2. The molecule has 0 aliphatic heterocycles. The van der Waals surface area contributed by atoms with E-state index in [4.69, 9.17) is 16.3 Å². The first-order valence-electron chi connectivity index (χ1n) is 6.17. The van der Waals surface area contributed by atoms with Gasteiger partial charge in [-0.15, -0.1) is 0 Å². The summed E-state index contributed by atoms with van der Waals surface area (Å²) in [5, 5.41) is 2.91. The van der Waals surface area contributed by atoms with E-state index >= 15 is 0 Å². The van der Waals surface area contributed by atoms with Crippen LogP contribution in [0.4, 0.5) is 0 Å². The van der Waals surface area contributed by atoms with Crippen molar-refractivity contribution >= 4 is 23.5 Å². The summed E-state index contributed by atoms with van der Waals surface area (Å²) >= 11 is 5.67. The Kier molecular flexibility index (Phi) is 4.90. The predicted molar refractivity (Wildman–Crippen MR) is 77.9 cm³/mol. The number of rotatable bonds is 4. The Morgan fingerprint density at radius 1 is 1.19 bits per heavy atom. The summed E-state index contributed by atoms with van der Waals surface area (Å²) in [7, 11) is 1.27. The molecule has 1 aromatic heterocycles. The summed E-state index contributed by atoms with van der Waals surface area (Å²) in [6.07, 6.45) is 1.34. The van der Waals surface area contributed by atoms with Crippen molar-refractivity contribution in [2.75, 3.05) is 7.11 Å². The molecular weight excluding hydrogens is 292 g/mol. The number of aromatic nitrogens is 1. The van der Waals surface area contributed by atoms with Crippen molar-refractivity contribution in [1.82, 2.24) is 10.3 Å². The Bertz CT molecular complexity index is 629. The number of hydrogen-bond donors (Lipinski definition) is 1. The van der Waals surface area contributed by atoms with Gasteiger partial charge in [0.25, 0.3) is 5.91 Å². The normalized spacial score (nSPS) is 11.5. The van der Waals surface area contributed by atoms with Gasteiger partial charge >= 0.3 is 5.97 Å². The van der Waals surface area contributed by atoms with E-state index in [9.17, 15) is 9.59 Å². The van der Waals surface area contributed by atoms with E-state index in [-0.39, 0.29) is 0 Å². The first kappa shape index (κ1) is 15.0. The smallest absolute Gasteiger partial charge is 0.333 e. The molecule has 2 aromatic rings. The first-order chi connectivity index (χ1) is 10.1. The zero-order valence-electron chi connectivity index (χ0n) is 11.2. The largest absolute Gasteiger partial charge is 0.467 e. The van der Waals surface area contributed by atoms with Gasteiger partial charge in [-0.3, -0.25) is 4.79 Å². The van der Waals surface area contributed by atoms with Crippen molar-refractivity contribution in [2.45, 2.75) is 6.04 Å². The van der Waals surface area contributed by atoms with Gasteiger partial charge in [0.05, 0.1) is 12.7 Å². The highest BCUT2D eigenvalue weighted by atomic mass is 35.5. The Labute approximate surface area is 126 Å². The van der Waals surface area contributed by atoms with Crippen LogP contribution in [0.25, 0.3) is 0 Å². The second-order valence-electron chi connectivity index (χ2n) is 4.21.